The number of aromatic amines is 1. The number of aryl methyl sites for hydroxylation is 1. The smallest absolute Gasteiger partial charge is 0.324 e. The van der Waals surface area contributed by atoms with Crippen molar-refractivity contribution in [1.29, 1.82) is 0 Å². The van der Waals surface area contributed by atoms with E-state index >= 15 is 0 Å². The first-order chi connectivity index (χ1) is 12.2. The number of thiazole rings is 1. The first-order valence-corrected chi connectivity index (χ1v) is 10.5. The minimum Gasteiger partial charge on any atom is -0.335 e. The van der Waals surface area contributed by atoms with Gasteiger partial charge in [0.05, 0.1) is 9.80 Å². The lowest BCUT2D eigenvalue weighted by Crippen LogP contribution is -2.50. The van der Waals surface area contributed by atoms with E-state index in [1.165, 1.54) is 28.3 Å². The number of rotatable bonds is 4. The number of amides is 1. The first-order valence-electron chi connectivity index (χ1n) is 7.43. The van der Waals surface area contributed by atoms with Crippen LogP contribution in [0.4, 0.5) is 5.00 Å². The van der Waals surface area contributed by atoms with Crippen molar-refractivity contribution < 1.29 is 18.1 Å². The van der Waals surface area contributed by atoms with Crippen LogP contribution in [0, 0.1) is 17.0 Å². The molecule has 1 amide bonds. The summed E-state index contributed by atoms with van der Waals surface area (Å²) in [5.41, 5.74) is 0.296. The lowest BCUT2D eigenvalue weighted by Gasteiger charge is -2.33. The molecule has 0 saturated carbocycles. The fourth-order valence-corrected chi connectivity index (χ4v) is 6.23. The first kappa shape index (κ1) is 18.7. The fourth-order valence-electron chi connectivity index (χ4n) is 2.58. The summed E-state index contributed by atoms with van der Waals surface area (Å²) >= 11 is 1.43. The summed E-state index contributed by atoms with van der Waals surface area (Å²) in [5, 5.41) is 10.6. The number of carbonyl (C=O) groups is 1. The molecule has 26 heavy (non-hydrogen) atoms. The predicted octanol–water partition coefficient (Wildman–Crippen LogP) is 0.861. The van der Waals surface area contributed by atoms with Crippen LogP contribution in [0.5, 0.6) is 0 Å². The molecule has 3 heterocycles. The SMILES string of the molecule is Cc1[nH]c(=O)sc1S(=O)(=O)N1CCN(C(=O)c2ccc([N+](=O)[O-])s2)CC1. The number of thiophene rings is 1. The number of aromatic nitrogens is 1. The van der Waals surface area contributed by atoms with Crippen molar-refractivity contribution in [2.45, 2.75) is 11.1 Å². The average molecular weight is 418 g/mol. The predicted molar refractivity (Wildman–Crippen MR) is 95.3 cm³/mol. The van der Waals surface area contributed by atoms with Crippen LogP contribution in [-0.2, 0) is 10.0 Å². The molecule has 0 radical (unpaired) electrons. The van der Waals surface area contributed by atoms with Gasteiger partial charge in [-0.25, -0.2) is 8.42 Å². The molecule has 0 aliphatic carbocycles. The lowest BCUT2D eigenvalue weighted by atomic mass is 10.3. The average Bonchev–Trinajstić information content (AvgIpc) is 3.21. The number of carbonyl (C=O) groups excluding carboxylic acids is 1. The third-order valence-corrected chi connectivity index (χ3v) is 8.37. The van der Waals surface area contributed by atoms with Gasteiger partial charge in [-0.05, 0) is 13.0 Å². The summed E-state index contributed by atoms with van der Waals surface area (Å²) in [4.78, 5) is 37.7. The van der Waals surface area contributed by atoms with Gasteiger partial charge in [-0.3, -0.25) is 19.7 Å². The number of sulfonamides is 1. The molecular formula is C13H14N4O6S3. The Morgan fingerprint density at radius 1 is 1.23 bits per heavy atom. The molecule has 1 N–H and O–H groups in total. The van der Waals surface area contributed by atoms with Gasteiger partial charge in [-0.15, -0.1) is 0 Å². The molecule has 13 heteroatoms. The van der Waals surface area contributed by atoms with Gasteiger partial charge in [0.2, 0.25) is 0 Å². The van der Waals surface area contributed by atoms with Gasteiger partial charge in [0.15, 0.2) is 4.21 Å². The maximum Gasteiger partial charge on any atom is 0.324 e. The quantitative estimate of drug-likeness (QED) is 0.578. The van der Waals surface area contributed by atoms with Crippen LogP contribution in [0.15, 0.2) is 21.1 Å². The molecule has 0 bridgehead atoms. The van der Waals surface area contributed by atoms with E-state index in [4.69, 9.17) is 0 Å². The number of nitro groups is 1. The van der Waals surface area contributed by atoms with E-state index in [0.717, 1.165) is 11.3 Å². The summed E-state index contributed by atoms with van der Waals surface area (Å²) in [6.45, 7) is 2.04. The standard InChI is InChI=1S/C13H14N4O6S3/c1-8-12(25-13(19)14-8)26(22,23)16-6-4-15(5-7-16)11(18)9-2-3-10(24-9)17(20)21/h2-3H,4-7H2,1H3,(H,14,19). The highest BCUT2D eigenvalue weighted by atomic mass is 32.2. The Kier molecular flexibility index (Phi) is 4.96. The molecule has 0 spiro atoms. The summed E-state index contributed by atoms with van der Waals surface area (Å²) in [6, 6.07) is 2.67. The molecule has 10 nitrogen and oxygen atoms in total. The highest BCUT2D eigenvalue weighted by Gasteiger charge is 2.33. The molecule has 0 atom stereocenters. The van der Waals surface area contributed by atoms with Crippen molar-refractivity contribution in [1.82, 2.24) is 14.2 Å². The van der Waals surface area contributed by atoms with E-state index < -0.39 is 19.8 Å². The zero-order chi connectivity index (χ0) is 19.1. The van der Waals surface area contributed by atoms with Gasteiger partial charge >= 0.3 is 9.87 Å². The van der Waals surface area contributed by atoms with Crippen molar-refractivity contribution in [2.24, 2.45) is 0 Å². The Balaban J connectivity index is 1.70. The molecule has 140 valence electrons. The highest BCUT2D eigenvalue weighted by molar-refractivity contribution is 7.91. The maximum absolute atomic E-state index is 12.6. The summed E-state index contributed by atoms with van der Waals surface area (Å²) in [6.07, 6.45) is 0. The van der Waals surface area contributed by atoms with Crippen LogP contribution < -0.4 is 4.87 Å². The van der Waals surface area contributed by atoms with Gasteiger partial charge in [-0.1, -0.05) is 22.7 Å². The number of hydrogen-bond donors (Lipinski definition) is 1. The highest BCUT2D eigenvalue weighted by Crippen LogP contribution is 2.26. The van der Waals surface area contributed by atoms with Gasteiger partial charge in [0.25, 0.3) is 15.9 Å². The van der Waals surface area contributed by atoms with Crippen LogP contribution >= 0.6 is 22.7 Å². The van der Waals surface area contributed by atoms with Crippen LogP contribution in [-0.4, -0.2) is 59.6 Å². The van der Waals surface area contributed by atoms with Gasteiger partial charge in [0.1, 0.15) is 0 Å². The van der Waals surface area contributed by atoms with Crippen molar-refractivity contribution in [2.75, 3.05) is 26.2 Å². The second-order valence-corrected chi connectivity index (χ2v) is 9.70. The van der Waals surface area contributed by atoms with E-state index in [-0.39, 0.29) is 46.2 Å². The van der Waals surface area contributed by atoms with Crippen molar-refractivity contribution in [3.63, 3.8) is 0 Å². The molecule has 1 fully saturated rings. The van der Waals surface area contributed by atoms with Crippen LogP contribution in [0.25, 0.3) is 0 Å². The minimum atomic E-state index is -3.80. The van der Waals surface area contributed by atoms with Crippen LogP contribution in [0.3, 0.4) is 0 Å². The monoisotopic (exact) mass is 418 g/mol. The normalized spacial score (nSPS) is 16.0. The number of H-pyrrole nitrogens is 1. The molecule has 0 aromatic carbocycles. The Morgan fingerprint density at radius 2 is 1.88 bits per heavy atom. The van der Waals surface area contributed by atoms with E-state index in [9.17, 15) is 28.1 Å². The number of nitrogens with one attached hydrogen (secondary N) is 1. The Hall–Kier alpha value is -2.09. The molecule has 1 aliphatic rings. The molecule has 1 saturated heterocycles. The number of nitrogens with zero attached hydrogens (tertiary/aromatic N) is 3. The maximum atomic E-state index is 12.6. The van der Waals surface area contributed by atoms with Gasteiger partial charge in [-0.2, -0.15) is 4.31 Å². The van der Waals surface area contributed by atoms with Crippen LogP contribution in [0.2, 0.25) is 0 Å². The Morgan fingerprint density at radius 3 is 2.38 bits per heavy atom. The minimum absolute atomic E-state index is 0.0174. The summed E-state index contributed by atoms with van der Waals surface area (Å²) < 4.78 is 26.5. The van der Waals surface area contributed by atoms with Crippen LogP contribution in [0.1, 0.15) is 15.4 Å². The molecule has 3 rings (SSSR count). The molecule has 0 unspecified atom stereocenters. The van der Waals surface area contributed by atoms with Crippen molar-refractivity contribution in [3.05, 3.63) is 42.5 Å². The molecular weight excluding hydrogens is 404 g/mol. The number of piperazine rings is 1. The summed E-state index contributed by atoms with van der Waals surface area (Å²) in [7, 11) is -3.80. The third-order valence-electron chi connectivity index (χ3n) is 3.86. The zero-order valence-corrected chi connectivity index (χ0v) is 15.9. The summed E-state index contributed by atoms with van der Waals surface area (Å²) in [5.74, 6) is -0.359. The van der Waals surface area contributed by atoms with Gasteiger partial charge < -0.3 is 9.88 Å². The number of hydrogen-bond acceptors (Lipinski definition) is 8. The fraction of sp³-hybridized carbons (Fsp3) is 0.385. The van der Waals surface area contributed by atoms with Gasteiger partial charge in [0, 0.05) is 37.9 Å². The third kappa shape index (κ3) is 3.42. The van der Waals surface area contributed by atoms with E-state index in [1.807, 2.05) is 0 Å². The zero-order valence-electron chi connectivity index (χ0n) is 13.5. The molecule has 2 aromatic heterocycles. The second kappa shape index (κ2) is 6.90. The largest absolute Gasteiger partial charge is 0.335 e. The van der Waals surface area contributed by atoms with E-state index in [0.29, 0.717) is 17.0 Å². The Bertz CT molecular complexity index is 1010. The Labute approximate surface area is 155 Å². The lowest BCUT2D eigenvalue weighted by molar-refractivity contribution is -0.380. The topological polar surface area (TPSA) is 134 Å². The van der Waals surface area contributed by atoms with E-state index in [1.54, 1.807) is 0 Å². The van der Waals surface area contributed by atoms with E-state index in [2.05, 4.69) is 4.98 Å². The van der Waals surface area contributed by atoms with Crippen molar-refractivity contribution in [3.8, 4) is 0 Å². The van der Waals surface area contributed by atoms with Crippen molar-refractivity contribution >= 4 is 43.6 Å². The second-order valence-electron chi connectivity index (χ2n) is 5.52. The molecule has 1 aliphatic heterocycles. The molecule has 2 aromatic rings.